The molecule has 0 spiro atoms. The van der Waals surface area contributed by atoms with E-state index in [4.69, 9.17) is 0 Å². The summed E-state index contributed by atoms with van der Waals surface area (Å²) >= 11 is 0. The average molecular weight is 309 g/mol. The molecule has 0 fully saturated rings. The third-order valence-electron chi connectivity index (χ3n) is 4.40. The van der Waals surface area contributed by atoms with Crippen LogP contribution in [0.25, 0.3) is 0 Å². The average Bonchev–Trinajstić information content (AvgIpc) is 2.69. The number of carbonyl (C=O) groups excluding carboxylic acids is 1. The van der Waals surface area contributed by atoms with Gasteiger partial charge in [0.05, 0.1) is 0 Å². The standard InChI is InChI=1S/C19H19NO3/c1-12(21)20-18(19(22)23)17-15-8-4-2-6-13(15)10-11-14-7-3-5-9-16(14)17/h2-9,17-18H,10-11H2,1H3,(H,20,21)(H,22,23). The summed E-state index contributed by atoms with van der Waals surface area (Å²) in [5, 5.41) is 12.3. The van der Waals surface area contributed by atoms with Crippen LogP contribution in [0.2, 0.25) is 0 Å². The molecule has 118 valence electrons. The lowest BCUT2D eigenvalue weighted by atomic mass is 9.82. The Morgan fingerprint density at radius 1 is 1.00 bits per heavy atom. The molecular formula is C19H19NO3. The van der Waals surface area contributed by atoms with Gasteiger partial charge >= 0.3 is 5.97 Å². The number of rotatable bonds is 3. The van der Waals surface area contributed by atoms with Crippen LogP contribution in [0.15, 0.2) is 48.5 Å². The fraction of sp³-hybridized carbons (Fsp3) is 0.263. The van der Waals surface area contributed by atoms with Crippen molar-refractivity contribution in [2.45, 2.75) is 31.7 Å². The van der Waals surface area contributed by atoms with E-state index < -0.39 is 12.0 Å². The van der Waals surface area contributed by atoms with Gasteiger partial charge in [0.15, 0.2) is 0 Å². The molecule has 2 aromatic carbocycles. The van der Waals surface area contributed by atoms with E-state index in [0.717, 1.165) is 35.1 Å². The van der Waals surface area contributed by atoms with Gasteiger partial charge in [-0.2, -0.15) is 0 Å². The highest BCUT2D eigenvalue weighted by Gasteiger charge is 2.35. The summed E-state index contributed by atoms with van der Waals surface area (Å²) in [6, 6.07) is 14.8. The van der Waals surface area contributed by atoms with Crippen LogP contribution in [0, 0.1) is 0 Å². The number of nitrogens with one attached hydrogen (secondary N) is 1. The second kappa shape index (κ2) is 6.24. The van der Waals surface area contributed by atoms with E-state index in [0.29, 0.717) is 0 Å². The molecule has 0 aromatic heterocycles. The molecule has 0 bridgehead atoms. The highest BCUT2D eigenvalue weighted by molar-refractivity contribution is 5.84. The maximum atomic E-state index is 11.9. The van der Waals surface area contributed by atoms with Crippen molar-refractivity contribution in [3.8, 4) is 0 Å². The molecule has 3 rings (SSSR count). The minimum Gasteiger partial charge on any atom is -0.480 e. The quantitative estimate of drug-likeness (QED) is 0.915. The van der Waals surface area contributed by atoms with Crippen LogP contribution in [0.5, 0.6) is 0 Å². The van der Waals surface area contributed by atoms with Crippen LogP contribution in [0.4, 0.5) is 0 Å². The van der Waals surface area contributed by atoms with E-state index in [1.54, 1.807) is 0 Å². The topological polar surface area (TPSA) is 66.4 Å². The summed E-state index contributed by atoms with van der Waals surface area (Å²) in [5.41, 5.74) is 4.26. The number of aryl methyl sites for hydroxylation is 2. The van der Waals surface area contributed by atoms with Gasteiger partial charge in [-0.15, -0.1) is 0 Å². The molecule has 1 atom stereocenters. The van der Waals surface area contributed by atoms with Crippen molar-refractivity contribution in [1.82, 2.24) is 5.32 Å². The van der Waals surface area contributed by atoms with Crippen molar-refractivity contribution >= 4 is 11.9 Å². The largest absolute Gasteiger partial charge is 0.480 e. The van der Waals surface area contributed by atoms with Crippen LogP contribution in [-0.2, 0) is 22.4 Å². The summed E-state index contributed by atoms with van der Waals surface area (Å²) < 4.78 is 0. The van der Waals surface area contributed by atoms with Crippen LogP contribution < -0.4 is 5.32 Å². The Morgan fingerprint density at radius 3 is 1.91 bits per heavy atom. The summed E-state index contributed by atoms with van der Waals surface area (Å²) in [6.07, 6.45) is 1.74. The molecule has 0 saturated carbocycles. The predicted octanol–water partition coefficient (Wildman–Crippen LogP) is 2.51. The molecule has 1 aliphatic rings. The fourth-order valence-electron chi connectivity index (χ4n) is 3.43. The molecule has 0 radical (unpaired) electrons. The van der Waals surface area contributed by atoms with Crippen LogP contribution in [0.3, 0.4) is 0 Å². The molecule has 0 heterocycles. The first-order chi connectivity index (χ1) is 11.1. The smallest absolute Gasteiger partial charge is 0.327 e. The Morgan fingerprint density at radius 2 is 1.48 bits per heavy atom. The van der Waals surface area contributed by atoms with Crippen molar-refractivity contribution in [3.05, 3.63) is 70.8 Å². The molecule has 4 heteroatoms. The molecule has 1 amide bonds. The molecule has 0 saturated heterocycles. The molecule has 1 aliphatic carbocycles. The number of benzene rings is 2. The molecule has 2 aromatic rings. The van der Waals surface area contributed by atoms with Crippen molar-refractivity contribution in [3.63, 3.8) is 0 Å². The van der Waals surface area contributed by atoms with E-state index in [2.05, 4.69) is 5.32 Å². The van der Waals surface area contributed by atoms with Crippen molar-refractivity contribution in [2.24, 2.45) is 0 Å². The Labute approximate surface area is 135 Å². The van der Waals surface area contributed by atoms with Crippen molar-refractivity contribution in [2.75, 3.05) is 0 Å². The third-order valence-corrected chi connectivity index (χ3v) is 4.40. The second-order valence-corrected chi connectivity index (χ2v) is 5.89. The van der Waals surface area contributed by atoms with Gasteiger partial charge in [-0.05, 0) is 35.1 Å². The van der Waals surface area contributed by atoms with Gasteiger partial charge in [0.2, 0.25) is 5.91 Å². The zero-order valence-electron chi connectivity index (χ0n) is 13.0. The third kappa shape index (κ3) is 2.97. The zero-order chi connectivity index (χ0) is 16.4. The minimum absolute atomic E-state index is 0.336. The van der Waals surface area contributed by atoms with Gasteiger partial charge in [0, 0.05) is 12.8 Å². The normalized spacial score (nSPS) is 15.0. The van der Waals surface area contributed by atoms with Gasteiger partial charge in [0.25, 0.3) is 0 Å². The van der Waals surface area contributed by atoms with Gasteiger partial charge in [-0.25, -0.2) is 4.79 Å². The lowest BCUT2D eigenvalue weighted by Gasteiger charge is -2.27. The SMILES string of the molecule is CC(=O)NC(C(=O)O)C1c2ccccc2CCc2ccccc21. The summed E-state index contributed by atoms with van der Waals surface area (Å²) in [5.74, 6) is -1.74. The molecular weight excluding hydrogens is 290 g/mol. The Bertz CT molecular complexity index is 706. The highest BCUT2D eigenvalue weighted by atomic mass is 16.4. The fourth-order valence-corrected chi connectivity index (χ4v) is 3.43. The van der Waals surface area contributed by atoms with Gasteiger partial charge < -0.3 is 10.4 Å². The van der Waals surface area contributed by atoms with Crippen LogP contribution in [-0.4, -0.2) is 23.0 Å². The minimum atomic E-state index is -1.02. The van der Waals surface area contributed by atoms with Crippen LogP contribution >= 0.6 is 0 Å². The molecule has 1 unspecified atom stereocenters. The number of aliphatic carboxylic acids is 1. The lowest BCUT2D eigenvalue weighted by molar-refractivity contribution is -0.141. The lowest BCUT2D eigenvalue weighted by Crippen LogP contribution is -2.44. The maximum absolute atomic E-state index is 11.9. The number of carboxylic acid groups (broad SMARTS) is 1. The Balaban J connectivity index is 2.20. The summed E-state index contributed by atoms with van der Waals surface area (Å²) in [4.78, 5) is 23.4. The Hall–Kier alpha value is -2.62. The summed E-state index contributed by atoms with van der Waals surface area (Å²) in [6.45, 7) is 1.35. The molecule has 2 N–H and O–H groups in total. The highest BCUT2D eigenvalue weighted by Crippen LogP contribution is 2.36. The van der Waals surface area contributed by atoms with E-state index in [9.17, 15) is 14.7 Å². The number of amides is 1. The number of carbonyl (C=O) groups is 2. The maximum Gasteiger partial charge on any atom is 0.327 e. The van der Waals surface area contributed by atoms with Crippen LogP contribution in [0.1, 0.15) is 35.1 Å². The molecule has 0 aliphatic heterocycles. The number of hydrogen-bond acceptors (Lipinski definition) is 2. The van der Waals surface area contributed by atoms with Gasteiger partial charge in [-0.1, -0.05) is 48.5 Å². The monoisotopic (exact) mass is 309 g/mol. The van der Waals surface area contributed by atoms with Crippen molar-refractivity contribution < 1.29 is 14.7 Å². The predicted molar refractivity (Wildman–Crippen MR) is 87.4 cm³/mol. The van der Waals surface area contributed by atoms with E-state index >= 15 is 0 Å². The first-order valence-electron chi connectivity index (χ1n) is 7.73. The van der Waals surface area contributed by atoms with Gasteiger partial charge in [0.1, 0.15) is 6.04 Å². The summed E-state index contributed by atoms with van der Waals surface area (Å²) in [7, 11) is 0. The zero-order valence-corrected chi connectivity index (χ0v) is 13.0. The number of hydrogen-bond donors (Lipinski definition) is 2. The van der Waals surface area contributed by atoms with E-state index in [1.807, 2.05) is 48.5 Å². The van der Waals surface area contributed by atoms with E-state index in [-0.39, 0.29) is 11.8 Å². The Kier molecular flexibility index (Phi) is 4.15. The second-order valence-electron chi connectivity index (χ2n) is 5.89. The number of carboxylic acids is 1. The molecule has 23 heavy (non-hydrogen) atoms. The van der Waals surface area contributed by atoms with E-state index in [1.165, 1.54) is 6.92 Å². The first-order valence-corrected chi connectivity index (χ1v) is 7.73. The first kappa shape index (κ1) is 15.3. The molecule has 4 nitrogen and oxygen atoms in total. The van der Waals surface area contributed by atoms with Crippen molar-refractivity contribution in [1.29, 1.82) is 0 Å². The number of fused-ring (bicyclic) bond motifs is 2. The van der Waals surface area contributed by atoms with Gasteiger partial charge in [-0.3, -0.25) is 4.79 Å².